The zero-order chi connectivity index (χ0) is 16.7. The van der Waals surface area contributed by atoms with E-state index in [2.05, 4.69) is 20.8 Å². The third kappa shape index (κ3) is 3.02. The Bertz CT molecular complexity index is 608. The molecule has 1 aliphatic heterocycles. The topological polar surface area (TPSA) is 93.0 Å². The molecule has 1 N–H and O–H groups in total. The summed E-state index contributed by atoms with van der Waals surface area (Å²) in [6.45, 7) is 1.95. The van der Waals surface area contributed by atoms with Gasteiger partial charge in [-0.1, -0.05) is 0 Å². The van der Waals surface area contributed by atoms with Crippen molar-refractivity contribution in [3.05, 3.63) is 6.33 Å². The number of carbonyl (C=O) groups is 2. The van der Waals surface area contributed by atoms with Crippen LogP contribution >= 0.6 is 0 Å². The molecule has 2 aliphatic rings. The lowest BCUT2D eigenvalue weighted by molar-refractivity contribution is -0.138. The van der Waals surface area contributed by atoms with Gasteiger partial charge in [0.05, 0.1) is 5.41 Å². The predicted octanol–water partition coefficient (Wildman–Crippen LogP) is -0.174. The number of rotatable bonds is 4. The van der Waals surface area contributed by atoms with Crippen LogP contribution in [-0.4, -0.2) is 62.0 Å². The van der Waals surface area contributed by atoms with Crippen molar-refractivity contribution in [1.82, 2.24) is 30.4 Å². The number of amides is 2. The minimum Gasteiger partial charge on any atom is -0.343 e. The first-order valence-corrected chi connectivity index (χ1v) is 7.50. The molecule has 1 aliphatic carbocycles. The maximum absolute atomic E-state index is 13.5. The summed E-state index contributed by atoms with van der Waals surface area (Å²) in [4.78, 5) is 25.7. The minimum atomic E-state index is -2.67. The van der Waals surface area contributed by atoms with Gasteiger partial charge >= 0.3 is 0 Å². The van der Waals surface area contributed by atoms with E-state index in [0.717, 1.165) is 0 Å². The normalized spacial score (nSPS) is 26.8. The summed E-state index contributed by atoms with van der Waals surface area (Å²) in [5, 5.41) is 12.9. The molecule has 1 unspecified atom stereocenters. The lowest BCUT2D eigenvalue weighted by atomic mass is 9.94. The molecular formula is C13H18F2N6O2. The van der Waals surface area contributed by atoms with Gasteiger partial charge in [0, 0.05) is 19.5 Å². The fourth-order valence-electron chi connectivity index (χ4n) is 3.17. The fourth-order valence-corrected chi connectivity index (χ4v) is 3.17. The highest BCUT2D eigenvalue weighted by atomic mass is 19.3. The smallest absolute Gasteiger partial charge is 0.256 e. The van der Waals surface area contributed by atoms with E-state index in [1.165, 1.54) is 15.9 Å². The Morgan fingerprint density at radius 3 is 2.78 bits per heavy atom. The SMILES string of the molecule is C[C@@H](NC(=O)Cn1cnnn1)C(=O)N1CCCC2(C1)CC2(F)F. The summed E-state index contributed by atoms with van der Waals surface area (Å²) in [7, 11) is 0. The predicted molar refractivity (Wildman–Crippen MR) is 73.2 cm³/mol. The lowest BCUT2D eigenvalue weighted by Gasteiger charge is -2.34. The van der Waals surface area contributed by atoms with Crippen LogP contribution in [0.25, 0.3) is 0 Å². The molecule has 1 saturated carbocycles. The van der Waals surface area contributed by atoms with E-state index in [9.17, 15) is 18.4 Å². The second kappa shape index (κ2) is 5.50. The first-order chi connectivity index (χ1) is 10.8. The second-order valence-corrected chi connectivity index (χ2v) is 6.32. The summed E-state index contributed by atoms with van der Waals surface area (Å²) in [6.07, 6.45) is 2.15. The fraction of sp³-hybridized carbons (Fsp3) is 0.769. The highest BCUT2D eigenvalue weighted by Gasteiger charge is 2.71. The Hall–Kier alpha value is -2.13. The van der Waals surface area contributed by atoms with E-state index >= 15 is 0 Å². The molecule has 2 amide bonds. The molecular weight excluding hydrogens is 310 g/mol. The number of carbonyl (C=O) groups excluding carboxylic acids is 2. The second-order valence-electron chi connectivity index (χ2n) is 6.32. The Kier molecular flexibility index (Phi) is 3.77. The van der Waals surface area contributed by atoms with Crippen LogP contribution in [0.15, 0.2) is 6.33 Å². The van der Waals surface area contributed by atoms with E-state index in [4.69, 9.17) is 0 Å². The number of alkyl halides is 2. The minimum absolute atomic E-state index is 0.0615. The van der Waals surface area contributed by atoms with Crippen molar-refractivity contribution < 1.29 is 18.4 Å². The van der Waals surface area contributed by atoms with Crippen molar-refractivity contribution in [3.8, 4) is 0 Å². The average molecular weight is 328 g/mol. The van der Waals surface area contributed by atoms with Crippen LogP contribution in [0, 0.1) is 5.41 Å². The monoisotopic (exact) mass is 328 g/mol. The van der Waals surface area contributed by atoms with Crippen LogP contribution in [0.1, 0.15) is 26.2 Å². The molecule has 2 heterocycles. The number of nitrogens with one attached hydrogen (secondary N) is 1. The summed E-state index contributed by atoms with van der Waals surface area (Å²) in [5.41, 5.74) is -1.04. The van der Waals surface area contributed by atoms with Gasteiger partial charge in [-0.05, 0) is 30.2 Å². The standard InChI is InChI=1S/C13H18F2N6O2/c1-9(17-10(22)5-21-8-16-18-19-21)11(23)20-4-2-3-12(7-20)6-13(12,14)15/h8-9H,2-7H2,1H3,(H,17,22)/t9-,12?/m1/s1. The largest absolute Gasteiger partial charge is 0.343 e. The molecule has 1 spiro atoms. The third-order valence-corrected chi connectivity index (χ3v) is 4.54. The molecule has 10 heteroatoms. The van der Waals surface area contributed by atoms with E-state index in [1.807, 2.05) is 0 Å². The van der Waals surface area contributed by atoms with Gasteiger partial charge in [0.2, 0.25) is 11.8 Å². The molecule has 3 rings (SSSR count). The number of hydrogen-bond donors (Lipinski definition) is 1. The molecule has 0 aromatic carbocycles. The third-order valence-electron chi connectivity index (χ3n) is 4.54. The zero-order valence-corrected chi connectivity index (χ0v) is 12.7. The Balaban J connectivity index is 1.54. The van der Waals surface area contributed by atoms with E-state index < -0.39 is 23.3 Å². The van der Waals surface area contributed by atoms with Crippen molar-refractivity contribution in [2.45, 2.75) is 44.7 Å². The van der Waals surface area contributed by atoms with Gasteiger partial charge in [0.1, 0.15) is 18.9 Å². The van der Waals surface area contributed by atoms with Gasteiger partial charge in [-0.25, -0.2) is 13.5 Å². The van der Waals surface area contributed by atoms with Crippen LogP contribution in [-0.2, 0) is 16.1 Å². The first-order valence-electron chi connectivity index (χ1n) is 7.50. The van der Waals surface area contributed by atoms with Gasteiger partial charge in [0.25, 0.3) is 5.92 Å². The van der Waals surface area contributed by atoms with Crippen molar-refractivity contribution in [2.75, 3.05) is 13.1 Å². The van der Waals surface area contributed by atoms with Crippen LogP contribution in [0.4, 0.5) is 8.78 Å². The molecule has 1 saturated heterocycles. The molecule has 1 aromatic heterocycles. The molecule has 8 nitrogen and oxygen atoms in total. The molecule has 1 aromatic rings. The number of tetrazole rings is 1. The number of aromatic nitrogens is 4. The molecule has 2 fully saturated rings. The summed E-state index contributed by atoms with van der Waals surface area (Å²) in [5.74, 6) is -3.42. The first kappa shape index (κ1) is 15.8. The van der Waals surface area contributed by atoms with Crippen LogP contribution in [0.2, 0.25) is 0 Å². The molecule has 2 atom stereocenters. The van der Waals surface area contributed by atoms with Gasteiger partial charge in [0.15, 0.2) is 0 Å². The quantitative estimate of drug-likeness (QED) is 0.828. The summed E-state index contributed by atoms with van der Waals surface area (Å²) in [6, 6.07) is -0.776. The molecule has 0 radical (unpaired) electrons. The number of piperidine rings is 1. The van der Waals surface area contributed by atoms with Crippen molar-refractivity contribution in [2.24, 2.45) is 5.41 Å². The Morgan fingerprint density at radius 1 is 1.43 bits per heavy atom. The highest BCUT2D eigenvalue weighted by molar-refractivity contribution is 5.87. The van der Waals surface area contributed by atoms with E-state index in [-0.39, 0.29) is 25.4 Å². The van der Waals surface area contributed by atoms with Gasteiger partial charge in [-0.2, -0.15) is 0 Å². The number of likely N-dealkylation sites (tertiary alicyclic amines) is 1. The van der Waals surface area contributed by atoms with Crippen LogP contribution < -0.4 is 5.32 Å². The molecule has 23 heavy (non-hydrogen) atoms. The van der Waals surface area contributed by atoms with Gasteiger partial charge < -0.3 is 10.2 Å². The number of nitrogens with zero attached hydrogens (tertiary/aromatic N) is 5. The Labute approximate surface area is 131 Å². The van der Waals surface area contributed by atoms with E-state index in [0.29, 0.717) is 19.4 Å². The number of halogens is 2. The maximum Gasteiger partial charge on any atom is 0.256 e. The lowest BCUT2D eigenvalue weighted by Crippen LogP contribution is -2.51. The molecule has 126 valence electrons. The summed E-state index contributed by atoms with van der Waals surface area (Å²) < 4.78 is 28.2. The van der Waals surface area contributed by atoms with Crippen LogP contribution in [0.3, 0.4) is 0 Å². The van der Waals surface area contributed by atoms with Gasteiger partial charge in [-0.15, -0.1) is 5.10 Å². The van der Waals surface area contributed by atoms with Crippen molar-refractivity contribution in [3.63, 3.8) is 0 Å². The van der Waals surface area contributed by atoms with Gasteiger partial charge in [-0.3, -0.25) is 9.59 Å². The number of hydrogen-bond acceptors (Lipinski definition) is 5. The van der Waals surface area contributed by atoms with Crippen molar-refractivity contribution in [1.29, 1.82) is 0 Å². The molecule has 0 bridgehead atoms. The van der Waals surface area contributed by atoms with Crippen LogP contribution in [0.5, 0.6) is 0 Å². The zero-order valence-electron chi connectivity index (χ0n) is 12.7. The van der Waals surface area contributed by atoms with E-state index in [1.54, 1.807) is 6.92 Å². The Morgan fingerprint density at radius 2 is 2.17 bits per heavy atom. The summed E-state index contributed by atoms with van der Waals surface area (Å²) >= 11 is 0. The van der Waals surface area contributed by atoms with Crippen molar-refractivity contribution >= 4 is 11.8 Å². The average Bonchev–Trinajstić information content (AvgIpc) is 2.85. The maximum atomic E-state index is 13.5. The highest BCUT2D eigenvalue weighted by Crippen LogP contribution is 2.64.